The van der Waals surface area contributed by atoms with Crippen LogP contribution in [0.4, 0.5) is 4.39 Å². The van der Waals surface area contributed by atoms with E-state index in [1.54, 1.807) is 7.11 Å². The van der Waals surface area contributed by atoms with Gasteiger partial charge in [0, 0.05) is 35.2 Å². The van der Waals surface area contributed by atoms with Crippen LogP contribution in [0.5, 0.6) is 11.5 Å². The normalized spacial score (nSPS) is 25.6. The van der Waals surface area contributed by atoms with Crippen molar-refractivity contribution in [2.24, 2.45) is 5.41 Å². The fraction of sp³-hybridized carbons (Fsp3) is 0.423. The van der Waals surface area contributed by atoms with Gasteiger partial charge in [0.2, 0.25) is 0 Å². The summed E-state index contributed by atoms with van der Waals surface area (Å²) in [6.45, 7) is 4.20. The van der Waals surface area contributed by atoms with Crippen molar-refractivity contribution in [2.75, 3.05) is 13.7 Å². The van der Waals surface area contributed by atoms with Gasteiger partial charge < -0.3 is 14.5 Å². The number of benzene rings is 2. The Hall–Kier alpha value is -2.86. The molecule has 1 aliphatic carbocycles. The van der Waals surface area contributed by atoms with Crippen LogP contribution >= 0.6 is 0 Å². The fourth-order valence-corrected chi connectivity index (χ4v) is 5.75. The second kappa shape index (κ2) is 8.24. The summed E-state index contributed by atoms with van der Waals surface area (Å²) in [7, 11) is 1.72. The van der Waals surface area contributed by atoms with Crippen LogP contribution in [0.25, 0.3) is 10.9 Å². The van der Waals surface area contributed by atoms with Gasteiger partial charge in [-0.25, -0.2) is 4.39 Å². The summed E-state index contributed by atoms with van der Waals surface area (Å²) in [5, 5.41) is 1.18. The minimum atomic E-state index is -0.665. The number of aromatic nitrogens is 1. The zero-order valence-electron chi connectivity index (χ0n) is 18.6. The van der Waals surface area contributed by atoms with Crippen LogP contribution in [0, 0.1) is 12.3 Å². The van der Waals surface area contributed by atoms with E-state index in [0.717, 1.165) is 42.8 Å². The lowest BCUT2D eigenvalue weighted by Crippen LogP contribution is -2.49. The Balaban J connectivity index is 1.49. The van der Waals surface area contributed by atoms with Gasteiger partial charge in [-0.2, -0.15) is 0 Å². The van der Waals surface area contributed by atoms with Gasteiger partial charge in [-0.15, -0.1) is 0 Å². The fourth-order valence-electron chi connectivity index (χ4n) is 5.75. The number of nitrogens with one attached hydrogen (secondary N) is 1. The highest BCUT2D eigenvalue weighted by Gasteiger charge is 2.49. The third kappa shape index (κ3) is 3.66. The SMILES string of the molecule is COc1cc(C)c2[nH]ccc2c1CN1CCC2(CC(F)C2)CC1c1ccc(OC=O)cc1. The molecule has 1 saturated carbocycles. The number of fused-ring (bicyclic) bond motifs is 1. The molecule has 0 amide bonds. The number of aryl methyl sites for hydroxylation is 1. The summed E-state index contributed by atoms with van der Waals surface area (Å²) < 4.78 is 24.6. The maximum Gasteiger partial charge on any atom is 0.298 e. The van der Waals surface area contributed by atoms with E-state index in [0.29, 0.717) is 25.1 Å². The maximum atomic E-state index is 13.9. The third-order valence-electron chi connectivity index (χ3n) is 7.45. The number of piperidine rings is 1. The molecule has 1 saturated heterocycles. The van der Waals surface area contributed by atoms with E-state index >= 15 is 0 Å². The Kier molecular flexibility index (Phi) is 5.41. The largest absolute Gasteiger partial charge is 0.496 e. The zero-order chi connectivity index (χ0) is 22.3. The summed E-state index contributed by atoms with van der Waals surface area (Å²) in [6, 6.07) is 12.1. The minimum absolute atomic E-state index is 0.0965. The van der Waals surface area contributed by atoms with Crippen molar-refractivity contribution in [2.45, 2.75) is 51.4 Å². The standard InChI is InChI=1S/C26H29FN2O3/c1-17-11-24(31-2)22(21-7-9-28-25(17)21)15-29-10-8-26(12-19(27)13-26)14-23(29)18-3-5-20(6-4-18)32-16-30/h3-7,9,11,16,19,23,28H,8,10,12-15H2,1-2H3. The Morgan fingerprint density at radius 3 is 2.69 bits per heavy atom. The van der Waals surface area contributed by atoms with Gasteiger partial charge in [-0.05, 0) is 80.0 Å². The molecule has 3 aromatic rings. The number of alkyl halides is 1. The second-order valence-corrected chi connectivity index (χ2v) is 9.37. The van der Waals surface area contributed by atoms with E-state index in [-0.39, 0.29) is 11.5 Å². The van der Waals surface area contributed by atoms with Crippen molar-refractivity contribution >= 4 is 17.4 Å². The Labute approximate surface area is 187 Å². The Morgan fingerprint density at radius 2 is 2.00 bits per heavy atom. The van der Waals surface area contributed by atoms with E-state index in [9.17, 15) is 9.18 Å². The first-order chi connectivity index (χ1) is 15.5. The lowest BCUT2D eigenvalue weighted by molar-refractivity contribution is -0.120. The van der Waals surface area contributed by atoms with Gasteiger partial charge >= 0.3 is 0 Å². The van der Waals surface area contributed by atoms with Gasteiger partial charge in [-0.1, -0.05) is 12.1 Å². The van der Waals surface area contributed by atoms with Gasteiger partial charge in [-0.3, -0.25) is 9.69 Å². The number of carbonyl (C=O) groups is 1. The molecule has 1 unspecified atom stereocenters. The highest BCUT2D eigenvalue weighted by Crippen LogP contribution is 2.55. The molecular weight excluding hydrogens is 407 g/mol. The van der Waals surface area contributed by atoms with Crippen molar-refractivity contribution in [1.29, 1.82) is 0 Å². The van der Waals surface area contributed by atoms with Crippen LogP contribution < -0.4 is 9.47 Å². The summed E-state index contributed by atoms with van der Waals surface area (Å²) in [5.41, 5.74) is 4.74. The summed E-state index contributed by atoms with van der Waals surface area (Å²) in [6.07, 6.45) is 4.60. The van der Waals surface area contributed by atoms with Gasteiger partial charge in [0.1, 0.15) is 17.7 Å². The molecule has 5 nitrogen and oxygen atoms in total. The monoisotopic (exact) mass is 436 g/mol. The van der Waals surface area contributed by atoms with Gasteiger partial charge in [0.25, 0.3) is 6.47 Å². The third-order valence-corrected chi connectivity index (χ3v) is 7.45. The van der Waals surface area contributed by atoms with Crippen LogP contribution in [0.1, 0.15) is 48.4 Å². The van der Waals surface area contributed by atoms with Crippen LogP contribution in [0.15, 0.2) is 42.6 Å². The number of carbonyl (C=O) groups excluding carboxylic acids is 1. The molecule has 5 rings (SSSR count). The smallest absolute Gasteiger partial charge is 0.298 e. The van der Waals surface area contributed by atoms with Crippen LogP contribution in [0.3, 0.4) is 0 Å². The molecule has 0 bridgehead atoms. The quantitative estimate of drug-likeness (QED) is 0.520. The van der Waals surface area contributed by atoms with E-state index in [4.69, 9.17) is 9.47 Å². The molecule has 1 aliphatic heterocycles. The predicted octanol–water partition coefficient (Wildman–Crippen LogP) is 5.48. The average molecular weight is 437 g/mol. The summed E-state index contributed by atoms with van der Waals surface area (Å²) >= 11 is 0. The lowest BCUT2D eigenvalue weighted by Gasteiger charge is -2.53. The molecule has 1 aromatic heterocycles. The van der Waals surface area contributed by atoms with E-state index in [2.05, 4.69) is 28.9 Å². The zero-order valence-corrected chi connectivity index (χ0v) is 18.6. The van der Waals surface area contributed by atoms with Crippen molar-refractivity contribution in [3.8, 4) is 11.5 Å². The summed E-state index contributed by atoms with van der Waals surface area (Å²) in [5.74, 6) is 1.43. The molecule has 2 heterocycles. The Morgan fingerprint density at radius 1 is 1.22 bits per heavy atom. The van der Waals surface area contributed by atoms with E-state index < -0.39 is 6.17 Å². The van der Waals surface area contributed by atoms with Crippen molar-refractivity contribution in [3.05, 3.63) is 59.3 Å². The molecule has 2 fully saturated rings. The first-order valence-electron chi connectivity index (χ1n) is 11.2. The number of ether oxygens (including phenoxy) is 2. The first-order valence-corrected chi connectivity index (χ1v) is 11.2. The number of H-pyrrole nitrogens is 1. The van der Waals surface area contributed by atoms with Gasteiger partial charge in [0.15, 0.2) is 0 Å². The molecular formula is C26H29FN2O3. The topological polar surface area (TPSA) is 54.6 Å². The highest BCUT2D eigenvalue weighted by molar-refractivity contribution is 5.88. The number of likely N-dealkylation sites (tertiary alicyclic amines) is 1. The molecule has 6 heteroatoms. The molecule has 2 aromatic carbocycles. The molecule has 32 heavy (non-hydrogen) atoms. The number of hydrogen-bond acceptors (Lipinski definition) is 4. The molecule has 1 atom stereocenters. The number of halogens is 1. The maximum absolute atomic E-state index is 13.9. The molecule has 2 aliphatic rings. The lowest BCUT2D eigenvalue weighted by atomic mass is 9.60. The molecule has 168 valence electrons. The highest BCUT2D eigenvalue weighted by atomic mass is 19.1. The van der Waals surface area contributed by atoms with Crippen molar-refractivity contribution < 1.29 is 18.7 Å². The molecule has 0 radical (unpaired) electrons. The number of rotatable bonds is 6. The molecule has 1 N–H and O–H groups in total. The van der Waals surface area contributed by atoms with Crippen LogP contribution in [-0.4, -0.2) is 36.2 Å². The van der Waals surface area contributed by atoms with E-state index in [1.807, 2.05) is 30.5 Å². The number of aromatic amines is 1. The molecule has 1 spiro atoms. The number of hydrogen-bond donors (Lipinski definition) is 1. The van der Waals surface area contributed by atoms with Crippen molar-refractivity contribution in [1.82, 2.24) is 9.88 Å². The number of methoxy groups -OCH3 is 1. The number of nitrogens with zero attached hydrogens (tertiary/aromatic N) is 1. The predicted molar refractivity (Wildman–Crippen MR) is 122 cm³/mol. The van der Waals surface area contributed by atoms with Gasteiger partial charge in [0.05, 0.1) is 7.11 Å². The minimum Gasteiger partial charge on any atom is -0.496 e. The summed E-state index contributed by atoms with van der Waals surface area (Å²) in [4.78, 5) is 16.5. The van der Waals surface area contributed by atoms with Crippen LogP contribution in [0.2, 0.25) is 0 Å². The van der Waals surface area contributed by atoms with Crippen molar-refractivity contribution in [3.63, 3.8) is 0 Å². The second-order valence-electron chi connectivity index (χ2n) is 9.37. The van der Waals surface area contributed by atoms with E-state index in [1.165, 1.54) is 16.5 Å². The average Bonchev–Trinajstić information content (AvgIpc) is 3.27. The first kappa shape index (κ1) is 21.0. The van der Waals surface area contributed by atoms with Crippen LogP contribution in [-0.2, 0) is 11.3 Å². The Bertz CT molecular complexity index is 1120.